The maximum absolute atomic E-state index is 12.1. The molecule has 0 radical (unpaired) electrons. The van der Waals surface area contributed by atoms with Crippen LogP contribution in [0.3, 0.4) is 0 Å². The molecule has 0 fully saturated rings. The summed E-state index contributed by atoms with van der Waals surface area (Å²) in [5, 5.41) is 20.8. The van der Waals surface area contributed by atoms with Crippen molar-refractivity contribution in [2.24, 2.45) is 0 Å². The summed E-state index contributed by atoms with van der Waals surface area (Å²) in [6.45, 7) is 3.82. The van der Waals surface area contributed by atoms with Crippen LogP contribution in [0, 0.1) is 21.4 Å². The van der Waals surface area contributed by atoms with Crippen LogP contribution < -0.4 is 5.73 Å². The molecule has 1 aromatic heterocycles. The van der Waals surface area contributed by atoms with Crippen LogP contribution in [-0.2, 0) is 4.74 Å². The molecule has 0 amide bonds. The number of benzene rings is 1. The Labute approximate surface area is 152 Å². The second kappa shape index (κ2) is 6.94. The minimum absolute atomic E-state index is 0.0227. The number of ether oxygens (including phenoxy) is 1. The summed E-state index contributed by atoms with van der Waals surface area (Å²) >= 11 is 3.33. The van der Waals surface area contributed by atoms with E-state index in [1.54, 1.807) is 6.07 Å². The van der Waals surface area contributed by atoms with Crippen LogP contribution >= 0.6 is 15.9 Å². The van der Waals surface area contributed by atoms with Crippen LogP contribution in [0.15, 0.2) is 22.8 Å². The first-order chi connectivity index (χ1) is 11.7. The molecule has 0 aliphatic heterocycles. The molecule has 0 bridgehead atoms. The van der Waals surface area contributed by atoms with Gasteiger partial charge in [-0.3, -0.25) is 10.1 Å². The van der Waals surface area contributed by atoms with E-state index in [2.05, 4.69) is 15.9 Å². The number of methoxy groups -OCH3 is 1. The molecule has 0 saturated heterocycles. The van der Waals surface area contributed by atoms with E-state index in [0.717, 1.165) is 12.7 Å². The summed E-state index contributed by atoms with van der Waals surface area (Å²) < 4.78 is 6.32. The van der Waals surface area contributed by atoms with Gasteiger partial charge in [-0.15, -0.1) is 0 Å². The number of nitrogens with zero attached hydrogens (tertiary/aromatic N) is 3. The van der Waals surface area contributed by atoms with Gasteiger partial charge in [-0.1, -0.05) is 13.8 Å². The van der Waals surface area contributed by atoms with Crippen LogP contribution in [0.2, 0.25) is 0 Å². The maximum Gasteiger partial charge on any atom is 0.357 e. The van der Waals surface area contributed by atoms with E-state index in [-0.39, 0.29) is 34.2 Å². The Bertz CT molecular complexity index is 912. The lowest BCUT2D eigenvalue weighted by Crippen LogP contribution is -2.13. The highest BCUT2D eigenvalue weighted by molar-refractivity contribution is 9.10. The van der Waals surface area contributed by atoms with Crippen molar-refractivity contribution in [1.82, 2.24) is 4.57 Å². The van der Waals surface area contributed by atoms with Gasteiger partial charge in [0.1, 0.15) is 11.8 Å². The molecule has 0 spiro atoms. The predicted octanol–water partition coefficient (Wildman–Crippen LogP) is 3.51. The lowest BCUT2D eigenvalue weighted by atomic mass is 10.0. The number of nitro benzene ring substituents is 1. The molecule has 130 valence electrons. The second-order valence-electron chi connectivity index (χ2n) is 5.56. The van der Waals surface area contributed by atoms with Crippen molar-refractivity contribution in [3.8, 4) is 11.8 Å². The SMILES string of the molecule is COC(=O)c1c(N)c(C#N)cn1-c1c(Br)cc(C(C)C)cc1[N+](=O)[O-]. The molecule has 2 N–H and O–H groups in total. The van der Waals surface area contributed by atoms with Crippen molar-refractivity contribution in [3.63, 3.8) is 0 Å². The molecule has 0 aliphatic carbocycles. The summed E-state index contributed by atoms with van der Waals surface area (Å²) in [5.41, 5.74) is 6.28. The lowest BCUT2D eigenvalue weighted by molar-refractivity contribution is -0.384. The van der Waals surface area contributed by atoms with Crippen molar-refractivity contribution in [3.05, 3.63) is 49.7 Å². The maximum atomic E-state index is 12.1. The first-order valence-electron chi connectivity index (χ1n) is 7.20. The molecule has 25 heavy (non-hydrogen) atoms. The Hall–Kier alpha value is -2.86. The lowest BCUT2D eigenvalue weighted by Gasteiger charge is -2.14. The number of carbonyl (C=O) groups is 1. The first-order valence-corrected chi connectivity index (χ1v) is 7.99. The number of aromatic nitrogens is 1. The molecular weight excluding hydrogens is 392 g/mol. The number of nitrogen functional groups attached to an aromatic ring is 1. The van der Waals surface area contributed by atoms with Gasteiger partial charge in [-0.2, -0.15) is 5.26 Å². The fourth-order valence-electron chi connectivity index (χ4n) is 2.41. The number of carbonyl (C=O) groups excluding carboxylic acids is 1. The van der Waals surface area contributed by atoms with Gasteiger partial charge in [0.25, 0.3) is 5.69 Å². The Balaban J connectivity index is 2.90. The van der Waals surface area contributed by atoms with Gasteiger partial charge < -0.3 is 15.0 Å². The summed E-state index contributed by atoms with van der Waals surface area (Å²) in [6.07, 6.45) is 1.28. The van der Waals surface area contributed by atoms with E-state index in [4.69, 9.17) is 10.5 Å². The van der Waals surface area contributed by atoms with Crippen LogP contribution in [-0.4, -0.2) is 22.6 Å². The van der Waals surface area contributed by atoms with Crippen molar-refractivity contribution in [2.75, 3.05) is 12.8 Å². The fraction of sp³-hybridized carbons (Fsp3) is 0.250. The third kappa shape index (κ3) is 3.21. The number of halogens is 1. The van der Waals surface area contributed by atoms with Gasteiger partial charge in [0, 0.05) is 16.7 Å². The van der Waals surface area contributed by atoms with Gasteiger partial charge in [-0.25, -0.2) is 4.79 Å². The predicted molar refractivity (Wildman–Crippen MR) is 94.7 cm³/mol. The molecule has 0 saturated carbocycles. The minimum atomic E-state index is -0.798. The molecule has 2 aromatic rings. The van der Waals surface area contributed by atoms with Crippen LogP contribution in [0.5, 0.6) is 0 Å². The van der Waals surface area contributed by atoms with Gasteiger partial charge in [0.15, 0.2) is 5.69 Å². The standard InChI is InChI=1S/C16H15BrN4O4/c1-8(2)9-4-11(17)14(12(5-9)21(23)24)20-7-10(6-18)13(19)15(20)16(22)25-3/h4-5,7-8H,19H2,1-3H3. The highest BCUT2D eigenvalue weighted by atomic mass is 79.9. The Morgan fingerprint density at radius 2 is 2.12 bits per heavy atom. The Morgan fingerprint density at radius 1 is 1.48 bits per heavy atom. The van der Waals surface area contributed by atoms with E-state index >= 15 is 0 Å². The first kappa shape index (κ1) is 18.5. The number of nitriles is 1. The zero-order valence-corrected chi connectivity index (χ0v) is 15.3. The second-order valence-corrected chi connectivity index (χ2v) is 6.42. The number of rotatable bonds is 4. The van der Waals surface area contributed by atoms with E-state index in [1.807, 2.05) is 19.9 Å². The summed E-state index contributed by atoms with van der Waals surface area (Å²) in [4.78, 5) is 23.2. The molecular formula is C16H15BrN4O4. The molecule has 0 atom stereocenters. The van der Waals surface area contributed by atoms with Crippen molar-refractivity contribution in [2.45, 2.75) is 19.8 Å². The average molecular weight is 407 g/mol. The van der Waals surface area contributed by atoms with Crippen LogP contribution in [0.4, 0.5) is 11.4 Å². The monoisotopic (exact) mass is 406 g/mol. The largest absolute Gasteiger partial charge is 0.464 e. The topological polar surface area (TPSA) is 124 Å². The number of nitrogens with two attached hydrogens (primary N) is 1. The van der Waals surface area contributed by atoms with E-state index in [1.165, 1.54) is 16.8 Å². The number of hydrogen-bond donors (Lipinski definition) is 1. The third-order valence-corrected chi connectivity index (χ3v) is 4.32. The van der Waals surface area contributed by atoms with Gasteiger partial charge >= 0.3 is 5.97 Å². The zero-order valence-electron chi connectivity index (χ0n) is 13.7. The highest BCUT2D eigenvalue weighted by Gasteiger charge is 2.28. The van der Waals surface area contributed by atoms with E-state index in [9.17, 15) is 20.2 Å². The smallest absolute Gasteiger partial charge is 0.357 e. The van der Waals surface area contributed by atoms with E-state index in [0.29, 0.717) is 4.47 Å². The van der Waals surface area contributed by atoms with Crippen LogP contribution in [0.1, 0.15) is 41.4 Å². The highest BCUT2D eigenvalue weighted by Crippen LogP contribution is 2.37. The van der Waals surface area contributed by atoms with Crippen molar-refractivity contribution in [1.29, 1.82) is 5.26 Å². The van der Waals surface area contributed by atoms with Gasteiger partial charge in [-0.05, 0) is 33.5 Å². The zero-order chi connectivity index (χ0) is 18.9. The van der Waals surface area contributed by atoms with E-state index < -0.39 is 10.9 Å². The number of hydrogen-bond acceptors (Lipinski definition) is 6. The molecule has 1 heterocycles. The van der Waals surface area contributed by atoms with Crippen LogP contribution in [0.25, 0.3) is 5.69 Å². The van der Waals surface area contributed by atoms with Gasteiger partial charge in [0.05, 0.1) is 23.3 Å². The van der Waals surface area contributed by atoms with Gasteiger partial charge in [0.2, 0.25) is 0 Å². The number of nitro groups is 1. The average Bonchev–Trinajstić information content (AvgIpc) is 2.89. The van der Waals surface area contributed by atoms with Crippen molar-refractivity contribution < 1.29 is 14.5 Å². The normalized spacial score (nSPS) is 10.6. The molecule has 9 heteroatoms. The number of anilines is 1. The third-order valence-electron chi connectivity index (χ3n) is 3.71. The molecule has 0 aliphatic rings. The molecule has 8 nitrogen and oxygen atoms in total. The quantitative estimate of drug-likeness (QED) is 0.470. The minimum Gasteiger partial charge on any atom is -0.464 e. The molecule has 2 rings (SSSR count). The summed E-state index contributed by atoms with van der Waals surface area (Å²) in [6, 6.07) is 5.03. The Morgan fingerprint density at radius 3 is 2.60 bits per heavy atom. The molecule has 1 aromatic carbocycles. The molecule has 0 unspecified atom stereocenters. The van der Waals surface area contributed by atoms with Crippen molar-refractivity contribution >= 4 is 33.3 Å². The number of esters is 1. The summed E-state index contributed by atoms with van der Waals surface area (Å²) in [7, 11) is 1.16. The summed E-state index contributed by atoms with van der Waals surface area (Å²) in [5.74, 6) is -0.735. The Kier molecular flexibility index (Phi) is 5.13. The fourth-order valence-corrected chi connectivity index (χ4v) is 3.07.